The summed E-state index contributed by atoms with van der Waals surface area (Å²) in [6.45, 7) is 12.1. The van der Waals surface area contributed by atoms with E-state index in [-0.39, 0.29) is 0 Å². The van der Waals surface area contributed by atoms with Gasteiger partial charge in [0, 0.05) is 49.5 Å². The SMILES string of the molecule is CCN1CCN(c2nccc3ccc(NC(C)C)cc23)CC1. The van der Waals surface area contributed by atoms with Crippen LogP contribution in [0.1, 0.15) is 20.8 Å². The maximum absolute atomic E-state index is 4.68. The first-order valence-corrected chi connectivity index (χ1v) is 8.30. The molecule has 0 unspecified atom stereocenters. The second kappa shape index (κ2) is 6.53. The average molecular weight is 298 g/mol. The van der Waals surface area contributed by atoms with Crippen molar-refractivity contribution in [3.63, 3.8) is 0 Å². The molecular weight excluding hydrogens is 272 g/mol. The predicted molar refractivity (Wildman–Crippen MR) is 94.8 cm³/mol. The number of pyridine rings is 1. The van der Waals surface area contributed by atoms with Crippen LogP contribution in [0, 0.1) is 0 Å². The van der Waals surface area contributed by atoms with Gasteiger partial charge in [-0.3, -0.25) is 0 Å². The summed E-state index contributed by atoms with van der Waals surface area (Å²) in [5.74, 6) is 1.13. The van der Waals surface area contributed by atoms with Crippen molar-refractivity contribution in [2.75, 3.05) is 42.9 Å². The molecule has 2 heterocycles. The minimum absolute atomic E-state index is 0.436. The van der Waals surface area contributed by atoms with Crippen LogP contribution in [0.15, 0.2) is 30.5 Å². The zero-order chi connectivity index (χ0) is 15.5. The fourth-order valence-electron chi connectivity index (χ4n) is 3.10. The molecule has 0 amide bonds. The summed E-state index contributed by atoms with van der Waals surface area (Å²) in [5.41, 5.74) is 1.17. The molecule has 118 valence electrons. The molecule has 3 rings (SSSR count). The summed E-state index contributed by atoms with van der Waals surface area (Å²) in [6, 6.07) is 9.12. The quantitative estimate of drug-likeness (QED) is 0.939. The Morgan fingerprint density at radius 1 is 1.14 bits per heavy atom. The molecule has 1 N–H and O–H groups in total. The number of piperazine rings is 1. The van der Waals surface area contributed by atoms with E-state index in [9.17, 15) is 0 Å². The summed E-state index contributed by atoms with van der Waals surface area (Å²) < 4.78 is 0. The van der Waals surface area contributed by atoms with E-state index >= 15 is 0 Å². The molecule has 0 spiro atoms. The second-order valence-corrected chi connectivity index (χ2v) is 6.29. The second-order valence-electron chi connectivity index (χ2n) is 6.29. The maximum Gasteiger partial charge on any atom is 0.136 e. The highest BCUT2D eigenvalue weighted by Gasteiger charge is 2.18. The van der Waals surface area contributed by atoms with Crippen molar-refractivity contribution in [3.8, 4) is 0 Å². The number of hydrogen-bond acceptors (Lipinski definition) is 4. The Balaban J connectivity index is 1.91. The number of nitrogens with one attached hydrogen (secondary N) is 1. The van der Waals surface area contributed by atoms with E-state index in [1.165, 1.54) is 16.5 Å². The molecule has 1 aromatic heterocycles. The van der Waals surface area contributed by atoms with E-state index in [1.807, 2.05) is 6.20 Å². The standard InChI is InChI=1S/C18H26N4/c1-4-21-9-11-22(12-10-21)18-17-13-16(20-14(2)3)6-5-15(17)7-8-19-18/h5-8,13-14,20H,4,9-12H2,1-3H3. The van der Waals surface area contributed by atoms with E-state index in [0.29, 0.717) is 6.04 Å². The highest BCUT2D eigenvalue weighted by Crippen LogP contribution is 2.28. The van der Waals surface area contributed by atoms with Crippen LogP contribution in [0.3, 0.4) is 0 Å². The molecule has 0 aliphatic carbocycles. The lowest BCUT2D eigenvalue weighted by molar-refractivity contribution is 0.271. The Bertz CT molecular complexity index is 630. The minimum Gasteiger partial charge on any atom is -0.383 e. The summed E-state index contributed by atoms with van der Waals surface area (Å²) in [6.07, 6.45) is 1.93. The fourth-order valence-corrected chi connectivity index (χ4v) is 3.10. The normalized spacial score (nSPS) is 16.5. The van der Waals surface area contributed by atoms with Crippen molar-refractivity contribution in [2.24, 2.45) is 0 Å². The Morgan fingerprint density at radius 3 is 2.59 bits per heavy atom. The van der Waals surface area contributed by atoms with Gasteiger partial charge in [0.05, 0.1) is 0 Å². The molecule has 0 atom stereocenters. The van der Waals surface area contributed by atoms with Gasteiger partial charge >= 0.3 is 0 Å². The number of anilines is 2. The Kier molecular flexibility index (Phi) is 4.48. The van der Waals surface area contributed by atoms with Crippen molar-refractivity contribution in [1.29, 1.82) is 0 Å². The van der Waals surface area contributed by atoms with E-state index < -0.39 is 0 Å². The van der Waals surface area contributed by atoms with Crippen LogP contribution in [0.5, 0.6) is 0 Å². The largest absolute Gasteiger partial charge is 0.383 e. The molecule has 1 aliphatic heterocycles. The Morgan fingerprint density at radius 2 is 1.91 bits per heavy atom. The van der Waals surface area contributed by atoms with Gasteiger partial charge in [-0.1, -0.05) is 13.0 Å². The lowest BCUT2D eigenvalue weighted by Gasteiger charge is -2.35. The van der Waals surface area contributed by atoms with Gasteiger partial charge in [-0.15, -0.1) is 0 Å². The molecule has 0 saturated carbocycles. The lowest BCUT2D eigenvalue weighted by Crippen LogP contribution is -2.46. The topological polar surface area (TPSA) is 31.4 Å². The molecular formula is C18H26N4. The predicted octanol–water partition coefficient (Wildman–Crippen LogP) is 3.20. The van der Waals surface area contributed by atoms with Gasteiger partial charge in [0.2, 0.25) is 0 Å². The van der Waals surface area contributed by atoms with E-state index in [0.717, 1.165) is 38.5 Å². The molecule has 22 heavy (non-hydrogen) atoms. The van der Waals surface area contributed by atoms with E-state index in [2.05, 4.69) is 65.1 Å². The number of benzene rings is 1. The van der Waals surface area contributed by atoms with Crippen LogP contribution < -0.4 is 10.2 Å². The number of likely N-dealkylation sites (N-methyl/N-ethyl adjacent to an activating group) is 1. The zero-order valence-corrected chi connectivity index (χ0v) is 13.8. The van der Waals surface area contributed by atoms with Crippen molar-refractivity contribution in [1.82, 2.24) is 9.88 Å². The first kappa shape index (κ1) is 15.1. The summed E-state index contributed by atoms with van der Waals surface area (Å²) >= 11 is 0. The molecule has 4 heteroatoms. The van der Waals surface area contributed by atoms with Gasteiger partial charge in [-0.25, -0.2) is 4.98 Å². The van der Waals surface area contributed by atoms with E-state index in [1.54, 1.807) is 0 Å². The van der Waals surface area contributed by atoms with Crippen molar-refractivity contribution in [3.05, 3.63) is 30.5 Å². The van der Waals surface area contributed by atoms with Crippen LogP contribution in [0.4, 0.5) is 11.5 Å². The van der Waals surface area contributed by atoms with Gasteiger partial charge in [0.1, 0.15) is 5.82 Å². The van der Waals surface area contributed by atoms with Crippen molar-refractivity contribution >= 4 is 22.3 Å². The van der Waals surface area contributed by atoms with Gasteiger partial charge in [0.15, 0.2) is 0 Å². The van der Waals surface area contributed by atoms with Gasteiger partial charge < -0.3 is 15.1 Å². The lowest BCUT2D eigenvalue weighted by atomic mass is 10.1. The van der Waals surface area contributed by atoms with Crippen LogP contribution in [0.2, 0.25) is 0 Å². The Labute approximate surface area is 133 Å². The average Bonchev–Trinajstić information content (AvgIpc) is 2.54. The number of rotatable bonds is 4. The first-order chi connectivity index (χ1) is 10.7. The third kappa shape index (κ3) is 3.17. The smallest absolute Gasteiger partial charge is 0.136 e. The maximum atomic E-state index is 4.68. The fraction of sp³-hybridized carbons (Fsp3) is 0.500. The number of hydrogen-bond donors (Lipinski definition) is 1. The molecule has 2 aromatic rings. The van der Waals surface area contributed by atoms with Crippen LogP contribution in [-0.2, 0) is 0 Å². The molecule has 0 bridgehead atoms. The van der Waals surface area contributed by atoms with E-state index in [4.69, 9.17) is 0 Å². The number of nitrogens with zero attached hydrogens (tertiary/aromatic N) is 3. The Hall–Kier alpha value is -1.81. The van der Waals surface area contributed by atoms with Gasteiger partial charge in [-0.05, 0) is 44.0 Å². The molecule has 1 aromatic carbocycles. The highest BCUT2D eigenvalue weighted by molar-refractivity contribution is 5.94. The molecule has 4 nitrogen and oxygen atoms in total. The molecule has 0 radical (unpaired) electrons. The number of fused-ring (bicyclic) bond motifs is 1. The third-order valence-electron chi connectivity index (χ3n) is 4.32. The molecule has 1 fully saturated rings. The highest BCUT2D eigenvalue weighted by atomic mass is 15.3. The molecule has 1 aliphatic rings. The van der Waals surface area contributed by atoms with Crippen LogP contribution >= 0.6 is 0 Å². The summed E-state index contributed by atoms with van der Waals surface area (Å²) in [7, 11) is 0. The van der Waals surface area contributed by atoms with Crippen LogP contribution in [0.25, 0.3) is 10.8 Å². The third-order valence-corrected chi connectivity index (χ3v) is 4.32. The summed E-state index contributed by atoms with van der Waals surface area (Å²) in [4.78, 5) is 9.60. The minimum atomic E-state index is 0.436. The van der Waals surface area contributed by atoms with Crippen molar-refractivity contribution in [2.45, 2.75) is 26.8 Å². The zero-order valence-electron chi connectivity index (χ0n) is 13.8. The monoisotopic (exact) mass is 298 g/mol. The van der Waals surface area contributed by atoms with Crippen molar-refractivity contribution < 1.29 is 0 Å². The summed E-state index contributed by atoms with van der Waals surface area (Å²) in [5, 5.41) is 6.00. The van der Waals surface area contributed by atoms with Crippen LogP contribution in [-0.4, -0.2) is 48.6 Å². The number of aromatic nitrogens is 1. The van der Waals surface area contributed by atoms with Gasteiger partial charge in [0.25, 0.3) is 0 Å². The van der Waals surface area contributed by atoms with Gasteiger partial charge in [-0.2, -0.15) is 0 Å². The first-order valence-electron chi connectivity index (χ1n) is 8.30. The molecule has 1 saturated heterocycles.